The molecule has 22 heavy (non-hydrogen) atoms. The molecule has 0 unspecified atom stereocenters. The van der Waals surface area contributed by atoms with Crippen LogP contribution >= 0.6 is 0 Å². The largest absolute Gasteiger partial charge is 0.451 e. The van der Waals surface area contributed by atoms with Crippen LogP contribution in [0, 0.1) is 6.92 Å². The summed E-state index contributed by atoms with van der Waals surface area (Å²) in [6, 6.07) is 5.30. The van der Waals surface area contributed by atoms with Crippen molar-refractivity contribution in [2.24, 2.45) is 0 Å². The van der Waals surface area contributed by atoms with Crippen LogP contribution in [0.15, 0.2) is 18.2 Å². The number of alkyl halides is 3. The predicted octanol–water partition coefficient (Wildman–Crippen LogP) is 3.12. The summed E-state index contributed by atoms with van der Waals surface area (Å²) in [5.41, 5.74) is 1.27. The van der Waals surface area contributed by atoms with E-state index in [1.807, 2.05) is 13.0 Å². The number of hydrogen-bond donors (Lipinski definition) is 2. The number of halogens is 3. The van der Waals surface area contributed by atoms with E-state index in [2.05, 4.69) is 20.6 Å². The van der Waals surface area contributed by atoms with Gasteiger partial charge >= 0.3 is 6.18 Å². The highest BCUT2D eigenvalue weighted by molar-refractivity contribution is 5.89. The third kappa shape index (κ3) is 3.14. The zero-order valence-electron chi connectivity index (χ0n) is 12.2. The number of aromatic nitrogens is 2. The van der Waals surface area contributed by atoms with Crippen molar-refractivity contribution < 1.29 is 13.2 Å². The number of piperidine rings is 1. The maximum Gasteiger partial charge on any atom is 0.451 e. The Balaban J connectivity index is 2.05. The van der Waals surface area contributed by atoms with Gasteiger partial charge in [0, 0.05) is 11.4 Å². The number of anilines is 1. The second-order valence-corrected chi connectivity index (χ2v) is 5.58. The number of nitrogens with zero attached hydrogens (tertiary/aromatic N) is 2. The number of fused-ring (bicyclic) bond motifs is 1. The molecule has 0 radical (unpaired) electrons. The van der Waals surface area contributed by atoms with Crippen molar-refractivity contribution >= 4 is 16.7 Å². The third-order valence-electron chi connectivity index (χ3n) is 3.78. The normalized spacial score (nSPS) is 16.9. The van der Waals surface area contributed by atoms with E-state index in [1.54, 1.807) is 12.1 Å². The van der Waals surface area contributed by atoms with Crippen LogP contribution in [0.1, 0.15) is 24.2 Å². The van der Waals surface area contributed by atoms with Crippen molar-refractivity contribution in [1.29, 1.82) is 0 Å². The van der Waals surface area contributed by atoms with Gasteiger partial charge in [-0.15, -0.1) is 0 Å². The molecule has 0 amide bonds. The Kier molecular flexibility index (Phi) is 3.90. The molecule has 3 rings (SSSR count). The number of rotatable bonds is 2. The fourth-order valence-corrected chi connectivity index (χ4v) is 2.64. The molecular weight excluding hydrogens is 293 g/mol. The van der Waals surface area contributed by atoms with E-state index in [1.165, 1.54) is 0 Å². The lowest BCUT2D eigenvalue weighted by Gasteiger charge is -2.25. The Morgan fingerprint density at radius 1 is 1.18 bits per heavy atom. The van der Waals surface area contributed by atoms with Crippen molar-refractivity contribution in [3.8, 4) is 0 Å². The summed E-state index contributed by atoms with van der Waals surface area (Å²) < 4.78 is 39.0. The zero-order chi connectivity index (χ0) is 15.7. The molecule has 1 aromatic carbocycles. The molecule has 0 spiro atoms. The van der Waals surface area contributed by atoms with Gasteiger partial charge in [0.05, 0.1) is 5.52 Å². The highest BCUT2D eigenvalue weighted by Crippen LogP contribution is 2.31. The van der Waals surface area contributed by atoms with Crippen molar-refractivity contribution in [3.05, 3.63) is 29.6 Å². The predicted molar refractivity (Wildman–Crippen MR) is 78.8 cm³/mol. The van der Waals surface area contributed by atoms with Crippen molar-refractivity contribution in [3.63, 3.8) is 0 Å². The third-order valence-corrected chi connectivity index (χ3v) is 3.78. The standard InChI is InChI=1S/C15H17F3N4/c1-9-2-3-12-11(8-9)13(20-10-4-6-19-7-5-10)22-14(21-12)15(16,17)18/h2-3,8,10,19H,4-7H2,1H3,(H,20,21,22). The first-order valence-electron chi connectivity index (χ1n) is 7.26. The van der Waals surface area contributed by atoms with Crippen LogP contribution in [0.5, 0.6) is 0 Å². The van der Waals surface area contributed by atoms with Gasteiger partial charge in [-0.1, -0.05) is 11.6 Å². The molecule has 4 nitrogen and oxygen atoms in total. The zero-order valence-corrected chi connectivity index (χ0v) is 12.2. The minimum atomic E-state index is -4.55. The van der Waals surface area contributed by atoms with Crippen molar-refractivity contribution in [2.45, 2.75) is 32.0 Å². The molecule has 2 N–H and O–H groups in total. The fraction of sp³-hybridized carbons (Fsp3) is 0.467. The lowest BCUT2D eigenvalue weighted by molar-refractivity contribution is -0.144. The molecule has 118 valence electrons. The molecular formula is C15H17F3N4. The van der Waals surface area contributed by atoms with E-state index in [-0.39, 0.29) is 11.9 Å². The van der Waals surface area contributed by atoms with Crippen LogP contribution in [0.4, 0.5) is 19.0 Å². The molecule has 0 aliphatic carbocycles. The second-order valence-electron chi connectivity index (χ2n) is 5.58. The lowest BCUT2D eigenvalue weighted by Crippen LogP contribution is -2.35. The highest BCUT2D eigenvalue weighted by atomic mass is 19.4. The fourth-order valence-electron chi connectivity index (χ4n) is 2.64. The average Bonchev–Trinajstić information content (AvgIpc) is 2.47. The molecule has 0 saturated carbocycles. The van der Waals surface area contributed by atoms with E-state index in [0.29, 0.717) is 10.9 Å². The first kappa shape index (κ1) is 15.0. The van der Waals surface area contributed by atoms with Crippen LogP contribution in [0.3, 0.4) is 0 Å². The average molecular weight is 310 g/mol. The van der Waals surface area contributed by atoms with Crippen LogP contribution in [0.25, 0.3) is 10.9 Å². The van der Waals surface area contributed by atoms with Gasteiger partial charge in [-0.25, -0.2) is 9.97 Å². The monoisotopic (exact) mass is 310 g/mol. The van der Waals surface area contributed by atoms with Gasteiger partial charge in [-0.3, -0.25) is 0 Å². The number of benzene rings is 1. The molecule has 2 aromatic rings. The smallest absolute Gasteiger partial charge is 0.367 e. The summed E-state index contributed by atoms with van der Waals surface area (Å²) in [7, 11) is 0. The van der Waals surface area contributed by atoms with Gasteiger partial charge in [0.15, 0.2) is 0 Å². The van der Waals surface area contributed by atoms with Crippen molar-refractivity contribution in [2.75, 3.05) is 18.4 Å². The highest BCUT2D eigenvalue weighted by Gasteiger charge is 2.35. The van der Waals surface area contributed by atoms with Gasteiger partial charge in [0.2, 0.25) is 5.82 Å². The molecule has 1 saturated heterocycles. The van der Waals surface area contributed by atoms with Crippen LogP contribution < -0.4 is 10.6 Å². The molecule has 1 aromatic heterocycles. The lowest BCUT2D eigenvalue weighted by atomic mass is 10.1. The number of aryl methyl sites for hydroxylation is 1. The van der Waals surface area contributed by atoms with Crippen molar-refractivity contribution in [1.82, 2.24) is 15.3 Å². The molecule has 0 atom stereocenters. The number of hydrogen-bond acceptors (Lipinski definition) is 4. The Hall–Kier alpha value is -1.89. The van der Waals surface area contributed by atoms with Gasteiger partial charge in [0.1, 0.15) is 5.82 Å². The minimum Gasteiger partial charge on any atom is -0.367 e. The molecule has 7 heteroatoms. The van der Waals surface area contributed by atoms with E-state index in [0.717, 1.165) is 31.5 Å². The Labute approximate surface area is 126 Å². The van der Waals surface area contributed by atoms with E-state index >= 15 is 0 Å². The molecule has 1 aliphatic heterocycles. The van der Waals surface area contributed by atoms with Gasteiger partial charge < -0.3 is 10.6 Å². The maximum absolute atomic E-state index is 13.0. The molecule has 2 heterocycles. The van der Waals surface area contributed by atoms with Crippen LogP contribution in [0.2, 0.25) is 0 Å². The van der Waals surface area contributed by atoms with Gasteiger partial charge in [0.25, 0.3) is 0 Å². The first-order valence-corrected chi connectivity index (χ1v) is 7.26. The minimum absolute atomic E-state index is 0.126. The summed E-state index contributed by atoms with van der Waals surface area (Å²) in [4.78, 5) is 7.39. The quantitative estimate of drug-likeness (QED) is 0.895. The molecule has 1 fully saturated rings. The topological polar surface area (TPSA) is 49.8 Å². The summed E-state index contributed by atoms with van der Waals surface area (Å²) in [5.74, 6) is -0.826. The van der Waals surface area contributed by atoms with Gasteiger partial charge in [-0.2, -0.15) is 13.2 Å². The maximum atomic E-state index is 13.0. The van der Waals surface area contributed by atoms with Gasteiger partial charge in [-0.05, 0) is 45.0 Å². The van der Waals surface area contributed by atoms with Crippen LogP contribution in [-0.4, -0.2) is 29.1 Å². The van der Waals surface area contributed by atoms with E-state index in [9.17, 15) is 13.2 Å². The Morgan fingerprint density at radius 3 is 2.59 bits per heavy atom. The SMILES string of the molecule is Cc1ccc2nc(C(F)(F)F)nc(NC3CCNCC3)c2c1. The molecule has 1 aliphatic rings. The number of nitrogens with one attached hydrogen (secondary N) is 2. The van der Waals surface area contributed by atoms with Crippen LogP contribution in [-0.2, 0) is 6.18 Å². The first-order chi connectivity index (χ1) is 10.4. The Morgan fingerprint density at radius 2 is 1.91 bits per heavy atom. The molecule has 0 bridgehead atoms. The summed E-state index contributed by atoms with van der Waals surface area (Å²) in [6.45, 7) is 3.60. The van der Waals surface area contributed by atoms with E-state index in [4.69, 9.17) is 0 Å². The van der Waals surface area contributed by atoms with E-state index < -0.39 is 12.0 Å². The Bertz CT molecular complexity index is 678. The summed E-state index contributed by atoms with van der Waals surface area (Å²) >= 11 is 0. The summed E-state index contributed by atoms with van der Waals surface area (Å²) in [6.07, 6.45) is -2.83. The summed E-state index contributed by atoms with van der Waals surface area (Å²) in [5, 5.41) is 7.03. The second kappa shape index (κ2) is 5.72.